The minimum absolute atomic E-state index is 0.0341. The van der Waals surface area contributed by atoms with Crippen molar-refractivity contribution >= 4 is 22.9 Å². The maximum absolute atomic E-state index is 13.2. The van der Waals surface area contributed by atoms with Gasteiger partial charge in [0.15, 0.2) is 0 Å². The molecule has 2 heterocycles. The monoisotopic (exact) mass is 358 g/mol. The van der Waals surface area contributed by atoms with E-state index in [4.69, 9.17) is 9.26 Å². The Hall–Kier alpha value is -3.03. The number of hydrogen-bond acceptors (Lipinski definition) is 7. The Bertz CT molecular complexity index is 908. The second-order valence-corrected chi connectivity index (χ2v) is 6.06. The van der Waals surface area contributed by atoms with Crippen LogP contribution < -0.4 is 5.32 Å². The van der Waals surface area contributed by atoms with E-state index in [0.717, 1.165) is 0 Å². The molecule has 0 aliphatic carbocycles. The first-order chi connectivity index (χ1) is 12.5. The maximum Gasteiger partial charge on any atom is 0.328 e. The number of aromatic nitrogens is 3. The zero-order valence-electron chi connectivity index (χ0n) is 14.7. The van der Waals surface area contributed by atoms with Gasteiger partial charge >= 0.3 is 5.97 Å². The van der Waals surface area contributed by atoms with Crippen LogP contribution in [0.25, 0.3) is 22.4 Å². The van der Waals surface area contributed by atoms with Gasteiger partial charge in [0.05, 0.1) is 6.61 Å². The second kappa shape index (κ2) is 7.47. The fourth-order valence-electron chi connectivity index (χ4n) is 2.58. The van der Waals surface area contributed by atoms with E-state index < -0.39 is 6.04 Å². The van der Waals surface area contributed by atoms with Crippen LogP contribution in [0.2, 0.25) is 0 Å². The van der Waals surface area contributed by atoms with Crippen LogP contribution in [0.3, 0.4) is 0 Å². The average molecular weight is 358 g/mol. The molecule has 136 valence electrons. The SMILES string of the molecule is CCOC(=O)[C@@H](Nc1ncnc2onc(-c3ccc(F)cc3)c12)C(C)C. The Labute approximate surface area is 149 Å². The molecule has 0 saturated carbocycles. The van der Waals surface area contributed by atoms with E-state index in [2.05, 4.69) is 20.4 Å². The third-order valence-corrected chi connectivity index (χ3v) is 3.89. The van der Waals surface area contributed by atoms with Gasteiger partial charge in [0, 0.05) is 5.56 Å². The number of ether oxygens (including phenoxy) is 1. The van der Waals surface area contributed by atoms with E-state index >= 15 is 0 Å². The van der Waals surface area contributed by atoms with Crippen LogP contribution in [0.1, 0.15) is 20.8 Å². The molecule has 3 aromatic rings. The lowest BCUT2D eigenvalue weighted by Gasteiger charge is -2.21. The molecule has 0 aliphatic rings. The van der Waals surface area contributed by atoms with Gasteiger partial charge < -0.3 is 14.6 Å². The number of fused-ring (bicyclic) bond motifs is 1. The minimum atomic E-state index is -0.594. The van der Waals surface area contributed by atoms with Crippen molar-refractivity contribution in [2.24, 2.45) is 5.92 Å². The highest BCUT2D eigenvalue weighted by Gasteiger charge is 2.26. The van der Waals surface area contributed by atoms with Crippen molar-refractivity contribution in [1.82, 2.24) is 15.1 Å². The molecule has 2 aromatic heterocycles. The van der Waals surface area contributed by atoms with Crippen LogP contribution in [0.5, 0.6) is 0 Å². The van der Waals surface area contributed by atoms with Crippen LogP contribution in [-0.2, 0) is 9.53 Å². The van der Waals surface area contributed by atoms with Crippen molar-refractivity contribution in [1.29, 1.82) is 0 Å². The van der Waals surface area contributed by atoms with Crippen molar-refractivity contribution in [3.8, 4) is 11.3 Å². The molecular weight excluding hydrogens is 339 g/mol. The smallest absolute Gasteiger partial charge is 0.328 e. The summed E-state index contributed by atoms with van der Waals surface area (Å²) in [6.07, 6.45) is 1.33. The van der Waals surface area contributed by atoms with E-state index in [1.54, 1.807) is 19.1 Å². The van der Waals surface area contributed by atoms with Crippen LogP contribution in [0.4, 0.5) is 10.2 Å². The number of carbonyl (C=O) groups excluding carboxylic acids is 1. The fraction of sp³-hybridized carbons (Fsp3) is 0.333. The standard InChI is InChI=1S/C18H19FN4O3/c1-4-25-18(24)14(10(2)3)22-16-13-15(11-5-7-12(19)8-6-11)23-26-17(13)21-9-20-16/h5-10,14H,4H2,1-3H3,(H,20,21,22)/t14-/m0/s1. The van der Waals surface area contributed by atoms with Crippen molar-refractivity contribution in [3.05, 3.63) is 36.4 Å². The Morgan fingerprint density at radius 1 is 1.27 bits per heavy atom. The number of anilines is 1. The average Bonchev–Trinajstić information content (AvgIpc) is 3.05. The number of rotatable bonds is 6. The van der Waals surface area contributed by atoms with Gasteiger partial charge in [0.25, 0.3) is 5.71 Å². The lowest BCUT2D eigenvalue weighted by atomic mass is 10.0. The van der Waals surface area contributed by atoms with Crippen molar-refractivity contribution in [2.75, 3.05) is 11.9 Å². The predicted octanol–water partition coefficient (Wildman–Crippen LogP) is 3.42. The molecule has 0 saturated heterocycles. The maximum atomic E-state index is 13.2. The van der Waals surface area contributed by atoms with Crippen LogP contribution in [-0.4, -0.2) is 33.7 Å². The quantitative estimate of drug-likeness (QED) is 0.675. The highest BCUT2D eigenvalue weighted by atomic mass is 19.1. The number of carbonyl (C=O) groups is 1. The summed E-state index contributed by atoms with van der Waals surface area (Å²) < 4.78 is 23.6. The lowest BCUT2D eigenvalue weighted by molar-refractivity contribution is -0.145. The van der Waals surface area contributed by atoms with Gasteiger partial charge in [0.2, 0.25) is 0 Å². The van der Waals surface area contributed by atoms with E-state index in [0.29, 0.717) is 22.5 Å². The molecule has 8 heteroatoms. The normalized spacial score (nSPS) is 12.3. The number of esters is 1. The molecular formula is C18H19FN4O3. The number of nitrogens with zero attached hydrogens (tertiary/aromatic N) is 3. The molecule has 0 fully saturated rings. The fourth-order valence-corrected chi connectivity index (χ4v) is 2.58. The topological polar surface area (TPSA) is 90.1 Å². The van der Waals surface area contributed by atoms with Gasteiger partial charge in [-0.3, -0.25) is 0 Å². The van der Waals surface area contributed by atoms with Gasteiger partial charge in [-0.15, -0.1) is 0 Å². The summed E-state index contributed by atoms with van der Waals surface area (Å²) in [5.74, 6) is -0.345. The zero-order chi connectivity index (χ0) is 18.7. The number of halogens is 1. The number of hydrogen-bond donors (Lipinski definition) is 1. The number of benzene rings is 1. The Morgan fingerprint density at radius 2 is 2.00 bits per heavy atom. The van der Waals surface area contributed by atoms with Crippen molar-refractivity contribution in [3.63, 3.8) is 0 Å². The molecule has 0 radical (unpaired) electrons. The first kappa shape index (κ1) is 17.8. The Balaban J connectivity index is 2.04. The largest absolute Gasteiger partial charge is 0.464 e. The van der Waals surface area contributed by atoms with Gasteiger partial charge in [-0.2, -0.15) is 4.98 Å². The highest BCUT2D eigenvalue weighted by Crippen LogP contribution is 2.32. The molecule has 1 aromatic carbocycles. The molecule has 7 nitrogen and oxygen atoms in total. The Kier molecular flexibility index (Phi) is 5.11. The van der Waals surface area contributed by atoms with E-state index in [-0.39, 0.29) is 30.0 Å². The summed E-state index contributed by atoms with van der Waals surface area (Å²) in [5, 5.41) is 7.67. The van der Waals surface area contributed by atoms with Gasteiger partial charge in [-0.05, 0) is 37.1 Å². The van der Waals surface area contributed by atoms with Gasteiger partial charge in [-0.25, -0.2) is 14.2 Å². The molecule has 3 rings (SSSR count). The van der Waals surface area contributed by atoms with Crippen LogP contribution in [0.15, 0.2) is 35.1 Å². The second-order valence-electron chi connectivity index (χ2n) is 6.06. The highest BCUT2D eigenvalue weighted by molar-refractivity contribution is 5.98. The van der Waals surface area contributed by atoms with E-state index in [1.807, 2.05) is 13.8 Å². The third kappa shape index (κ3) is 3.49. The molecule has 1 atom stereocenters. The van der Waals surface area contributed by atoms with E-state index in [1.165, 1.54) is 18.5 Å². The van der Waals surface area contributed by atoms with E-state index in [9.17, 15) is 9.18 Å². The van der Waals surface area contributed by atoms with Crippen molar-refractivity contribution < 1.29 is 18.4 Å². The zero-order valence-corrected chi connectivity index (χ0v) is 14.7. The Morgan fingerprint density at radius 3 is 2.65 bits per heavy atom. The molecule has 0 aliphatic heterocycles. The summed E-state index contributed by atoms with van der Waals surface area (Å²) in [5.41, 5.74) is 1.39. The molecule has 0 amide bonds. The molecule has 26 heavy (non-hydrogen) atoms. The minimum Gasteiger partial charge on any atom is -0.464 e. The summed E-state index contributed by atoms with van der Waals surface area (Å²) in [7, 11) is 0. The summed E-state index contributed by atoms with van der Waals surface area (Å²) >= 11 is 0. The predicted molar refractivity (Wildman–Crippen MR) is 93.9 cm³/mol. The number of nitrogens with one attached hydrogen (secondary N) is 1. The van der Waals surface area contributed by atoms with Crippen LogP contribution >= 0.6 is 0 Å². The van der Waals surface area contributed by atoms with Crippen molar-refractivity contribution in [2.45, 2.75) is 26.8 Å². The first-order valence-corrected chi connectivity index (χ1v) is 8.30. The molecule has 1 N–H and O–H groups in total. The molecule has 0 spiro atoms. The van der Waals surface area contributed by atoms with Crippen LogP contribution in [0, 0.1) is 11.7 Å². The summed E-state index contributed by atoms with van der Waals surface area (Å²) in [4.78, 5) is 20.6. The molecule has 0 unspecified atom stereocenters. The summed E-state index contributed by atoms with van der Waals surface area (Å²) in [6, 6.07) is 5.26. The third-order valence-electron chi connectivity index (χ3n) is 3.89. The summed E-state index contributed by atoms with van der Waals surface area (Å²) in [6.45, 7) is 5.85. The first-order valence-electron chi connectivity index (χ1n) is 8.30. The lowest BCUT2D eigenvalue weighted by Crippen LogP contribution is -2.36. The van der Waals surface area contributed by atoms with Gasteiger partial charge in [-0.1, -0.05) is 19.0 Å². The molecule has 0 bridgehead atoms. The van der Waals surface area contributed by atoms with Gasteiger partial charge in [0.1, 0.15) is 35.1 Å².